The van der Waals surface area contributed by atoms with Gasteiger partial charge in [0.25, 0.3) is 5.91 Å². The van der Waals surface area contributed by atoms with E-state index >= 15 is 0 Å². The van der Waals surface area contributed by atoms with Gasteiger partial charge in [-0.25, -0.2) is 9.97 Å². The summed E-state index contributed by atoms with van der Waals surface area (Å²) in [5, 5.41) is 23.1. The Morgan fingerprint density at radius 2 is 1.94 bits per heavy atom. The molecule has 0 atom stereocenters. The number of fused-ring (bicyclic) bond motifs is 1. The second-order valence-corrected chi connectivity index (χ2v) is 10.1. The second kappa shape index (κ2) is 8.39. The number of amides is 1. The summed E-state index contributed by atoms with van der Waals surface area (Å²) in [6.45, 7) is 5.76. The summed E-state index contributed by atoms with van der Waals surface area (Å²) in [6.07, 6.45) is 3.51. The molecule has 1 amide bonds. The maximum absolute atomic E-state index is 12.5. The number of carbonyl (C=O) groups is 1. The first-order valence-corrected chi connectivity index (χ1v) is 11.8. The molecule has 1 aromatic heterocycles. The number of carbonyl (C=O) groups excluding carboxylic acids is 1. The summed E-state index contributed by atoms with van der Waals surface area (Å²) in [5.41, 5.74) is 4.59. The van der Waals surface area contributed by atoms with Crippen LogP contribution in [0.25, 0.3) is 5.57 Å². The van der Waals surface area contributed by atoms with Gasteiger partial charge < -0.3 is 20.8 Å². The number of nitrogens with zero attached hydrogens (tertiary/aromatic N) is 2. The van der Waals surface area contributed by atoms with E-state index in [2.05, 4.69) is 20.6 Å². The van der Waals surface area contributed by atoms with Gasteiger partial charge in [-0.3, -0.25) is 10.2 Å². The fourth-order valence-corrected chi connectivity index (χ4v) is 5.54. The van der Waals surface area contributed by atoms with E-state index in [-0.39, 0.29) is 11.9 Å². The van der Waals surface area contributed by atoms with Gasteiger partial charge in [0, 0.05) is 34.8 Å². The molecule has 1 spiro atoms. The molecule has 1 saturated heterocycles. The highest BCUT2D eigenvalue weighted by molar-refractivity contribution is 8.15. The third kappa shape index (κ3) is 4.06. The molecule has 9 heteroatoms. The van der Waals surface area contributed by atoms with Gasteiger partial charge in [-0.2, -0.15) is 0 Å². The summed E-state index contributed by atoms with van der Waals surface area (Å²) in [5.74, 6) is 0.634. The van der Waals surface area contributed by atoms with Gasteiger partial charge in [-0.15, -0.1) is 0 Å². The third-order valence-corrected chi connectivity index (χ3v) is 7.60. The van der Waals surface area contributed by atoms with Crippen molar-refractivity contribution in [1.82, 2.24) is 15.3 Å². The lowest BCUT2D eigenvalue weighted by Gasteiger charge is -2.53. The Hall–Kier alpha value is -3.04. The molecular weight excluding hydrogens is 436 g/mol. The second-order valence-electron chi connectivity index (χ2n) is 9.08. The maximum atomic E-state index is 12.5. The third-order valence-electron chi connectivity index (χ3n) is 6.60. The van der Waals surface area contributed by atoms with Crippen LogP contribution in [0.5, 0.6) is 0 Å². The lowest BCUT2D eigenvalue weighted by molar-refractivity contribution is -0.165. The molecular formula is C24H26N6O2S. The highest BCUT2D eigenvalue weighted by Gasteiger charge is 2.50. The molecule has 5 rings (SSSR count). The lowest BCUT2D eigenvalue weighted by atomic mass is 9.64. The quantitative estimate of drug-likeness (QED) is 0.483. The lowest BCUT2D eigenvalue weighted by Crippen LogP contribution is -2.59. The van der Waals surface area contributed by atoms with Crippen molar-refractivity contribution >= 4 is 39.8 Å². The van der Waals surface area contributed by atoms with Crippen molar-refractivity contribution in [3.05, 3.63) is 53.0 Å². The molecule has 170 valence electrons. The number of nitrogens with one attached hydrogen (secondary N) is 4. The van der Waals surface area contributed by atoms with Crippen molar-refractivity contribution in [2.75, 3.05) is 18.5 Å². The topological polar surface area (TPSA) is 124 Å². The molecule has 0 radical (unpaired) electrons. The molecule has 1 aromatic carbocycles. The number of rotatable bonds is 6. The zero-order valence-corrected chi connectivity index (χ0v) is 19.4. The summed E-state index contributed by atoms with van der Waals surface area (Å²) >= 11 is 1.31. The fraction of sp³-hybridized carbons (Fsp3) is 0.375. The molecule has 3 heterocycles. The predicted octanol–water partition coefficient (Wildman–Crippen LogP) is 3.89. The summed E-state index contributed by atoms with van der Waals surface area (Å²) in [4.78, 5) is 22.1. The van der Waals surface area contributed by atoms with Crippen molar-refractivity contribution in [3.8, 4) is 0 Å². The van der Waals surface area contributed by atoms with Crippen molar-refractivity contribution in [3.63, 3.8) is 0 Å². The minimum atomic E-state index is -0.0330. The van der Waals surface area contributed by atoms with Crippen molar-refractivity contribution < 1.29 is 9.53 Å². The molecule has 1 saturated carbocycles. The number of aromatic nitrogens is 2. The van der Waals surface area contributed by atoms with Crippen LogP contribution in [0.1, 0.15) is 48.3 Å². The van der Waals surface area contributed by atoms with Gasteiger partial charge in [0.15, 0.2) is 0 Å². The first kappa shape index (κ1) is 21.8. The van der Waals surface area contributed by atoms with Crippen molar-refractivity contribution in [1.29, 1.82) is 10.8 Å². The number of benzene rings is 1. The number of anilines is 1. The Morgan fingerprint density at radius 1 is 1.21 bits per heavy atom. The summed E-state index contributed by atoms with van der Waals surface area (Å²) < 4.78 is 5.29. The van der Waals surface area contributed by atoms with Crippen LogP contribution in [0, 0.1) is 16.2 Å². The smallest absolute Gasteiger partial charge is 0.251 e. The van der Waals surface area contributed by atoms with E-state index in [1.807, 2.05) is 31.2 Å². The number of ether oxygens (including phenoxy) is 1. The first-order chi connectivity index (χ1) is 15.8. The Morgan fingerprint density at radius 3 is 2.58 bits per heavy atom. The largest absolute Gasteiger partial charge is 0.380 e. The van der Waals surface area contributed by atoms with E-state index in [0.717, 1.165) is 42.1 Å². The molecule has 2 aromatic rings. The van der Waals surface area contributed by atoms with Gasteiger partial charge in [-0.1, -0.05) is 23.9 Å². The maximum Gasteiger partial charge on any atom is 0.251 e. The van der Waals surface area contributed by atoms with Crippen LogP contribution < -0.4 is 10.6 Å². The van der Waals surface area contributed by atoms with Crippen LogP contribution in [0.15, 0.2) is 41.1 Å². The Kier molecular flexibility index (Phi) is 5.54. The van der Waals surface area contributed by atoms with Crippen LogP contribution in [0.4, 0.5) is 5.82 Å². The molecule has 33 heavy (non-hydrogen) atoms. The highest BCUT2D eigenvalue weighted by atomic mass is 32.2. The van der Waals surface area contributed by atoms with E-state index in [0.29, 0.717) is 45.4 Å². The van der Waals surface area contributed by atoms with Gasteiger partial charge in [0.05, 0.1) is 23.8 Å². The molecule has 0 unspecified atom stereocenters. The molecule has 2 aliphatic heterocycles. The van der Waals surface area contributed by atoms with Gasteiger partial charge >= 0.3 is 0 Å². The monoisotopic (exact) mass is 462 g/mol. The van der Waals surface area contributed by atoms with Gasteiger partial charge in [0.1, 0.15) is 17.2 Å². The van der Waals surface area contributed by atoms with E-state index in [9.17, 15) is 4.79 Å². The molecule has 2 fully saturated rings. The Labute approximate surface area is 196 Å². The van der Waals surface area contributed by atoms with Crippen molar-refractivity contribution in [2.24, 2.45) is 5.41 Å². The fourth-order valence-electron chi connectivity index (χ4n) is 4.51. The van der Waals surface area contributed by atoms with E-state index in [4.69, 9.17) is 15.6 Å². The normalized spacial score (nSPS) is 20.0. The average molecular weight is 463 g/mol. The highest BCUT2D eigenvalue weighted by Crippen LogP contribution is 2.47. The van der Waals surface area contributed by atoms with E-state index < -0.39 is 0 Å². The number of hydrogen-bond acceptors (Lipinski definition) is 8. The average Bonchev–Trinajstić information content (AvgIpc) is 3.09. The Balaban J connectivity index is 1.22. The van der Waals surface area contributed by atoms with Crippen LogP contribution in [0.3, 0.4) is 0 Å². The molecule has 8 nitrogen and oxygen atoms in total. The van der Waals surface area contributed by atoms with Crippen LogP contribution in [0.2, 0.25) is 0 Å². The Bertz CT molecular complexity index is 1180. The van der Waals surface area contributed by atoms with E-state index in [1.54, 1.807) is 6.92 Å². The molecule has 4 N–H and O–H groups in total. The van der Waals surface area contributed by atoms with Crippen LogP contribution in [-0.2, 0) is 11.3 Å². The van der Waals surface area contributed by atoms with Crippen molar-refractivity contribution in [2.45, 2.75) is 44.2 Å². The first-order valence-electron chi connectivity index (χ1n) is 11.0. The van der Waals surface area contributed by atoms with Gasteiger partial charge in [-0.05, 0) is 50.0 Å². The van der Waals surface area contributed by atoms with Gasteiger partial charge in [0.2, 0.25) is 0 Å². The standard InChI is InChI=1S/C24H26N6O2S/c1-13(14(2)25)18-19-20(33-21(18)26)22(29-12-28-19)27-9-15-3-5-16(6-4-15)23(31)30-17-7-24(8-17)10-32-11-24/h3-6,12,17,25-26H,7-11H2,1-2H3,(H,30,31)(H,27,28,29)/b18-13-,25-14?,26-21?. The number of hydrogen-bond donors (Lipinski definition) is 4. The zero-order valence-electron chi connectivity index (χ0n) is 18.6. The van der Waals surface area contributed by atoms with Crippen LogP contribution in [-0.4, -0.2) is 45.9 Å². The molecule has 0 bridgehead atoms. The molecule has 1 aliphatic carbocycles. The minimum absolute atomic E-state index is 0.0330. The van der Waals surface area contributed by atoms with Crippen LogP contribution >= 0.6 is 11.8 Å². The summed E-state index contributed by atoms with van der Waals surface area (Å²) in [6, 6.07) is 7.82. The zero-order chi connectivity index (χ0) is 23.2. The predicted molar refractivity (Wildman–Crippen MR) is 129 cm³/mol. The SMILES string of the molecule is CC(=N)/C(C)=C1\C(=N)Sc2c(NCc3ccc(C(=O)NC4CC5(COC5)C4)cc3)ncnc21. The number of allylic oxidation sites excluding steroid dienone is 1. The van der Waals surface area contributed by atoms with E-state index in [1.165, 1.54) is 18.1 Å². The molecule has 3 aliphatic rings. The number of thioether (sulfide) groups is 1. The summed E-state index contributed by atoms with van der Waals surface area (Å²) in [7, 11) is 0. The minimum Gasteiger partial charge on any atom is -0.380 e.